The van der Waals surface area contributed by atoms with Crippen LogP contribution in [0.1, 0.15) is 18.1 Å². The topological polar surface area (TPSA) is 12.0 Å². The van der Waals surface area contributed by atoms with E-state index < -0.39 is 0 Å². The van der Waals surface area contributed by atoms with Gasteiger partial charge in [0.1, 0.15) is 0 Å². The Morgan fingerprint density at radius 2 is 1.67 bits per heavy atom. The maximum Gasteiger partial charge on any atom is 0.0595 e. The highest BCUT2D eigenvalue weighted by molar-refractivity contribution is 6.42. The summed E-state index contributed by atoms with van der Waals surface area (Å²) in [5.74, 6) is 0. The summed E-state index contributed by atoms with van der Waals surface area (Å²) in [5, 5.41) is 4.59. The fraction of sp³-hybridized carbons (Fsp3) is 0.500. The van der Waals surface area contributed by atoms with E-state index in [1.165, 1.54) is 11.1 Å². The number of benzene rings is 1. The molecule has 1 aromatic carbocycles. The molecule has 0 amide bonds. The lowest BCUT2D eigenvalue weighted by atomic mass is 9.87. The molecule has 0 radical (unpaired) electrons. The summed E-state index contributed by atoms with van der Waals surface area (Å²) in [6.07, 6.45) is 2.17. The minimum atomic E-state index is 0.311. The van der Waals surface area contributed by atoms with Crippen molar-refractivity contribution in [2.24, 2.45) is 5.41 Å². The van der Waals surface area contributed by atoms with E-state index in [1.54, 1.807) is 0 Å². The van der Waals surface area contributed by atoms with Gasteiger partial charge in [-0.15, -0.1) is 0 Å². The molecule has 0 heterocycles. The molecular weight excluding hydrogens is 229 g/mol. The van der Waals surface area contributed by atoms with E-state index in [-0.39, 0.29) is 0 Å². The zero-order valence-electron chi connectivity index (χ0n) is 9.03. The molecule has 0 spiro atoms. The predicted molar refractivity (Wildman–Crippen MR) is 65.9 cm³/mol. The van der Waals surface area contributed by atoms with Gasteiger partial charge in [-0.2, -0.15) is 0 Å². The van der Waals surface area contributed by atoms with Gasteiger partial charge in [-0.1, -0.05) is 30.1 Å². The van der Waals surface area contributed by atoms with Crippen molar-refractivity contribution < 1.29 is 0 Å². The number of fused-ring (bicyclic) bond motifs is 1. The first-order chi connectivity index (χ1) is 7.04. The summed E-state index contributed by atoms with van der Waals surface area (Å²) in [6.45, 7) is 3.32. The molecule has 0 fully saturated rings. The molecule has 82 valence electrons. The summed E-state index contributed by atoms with van der Waals surface area (Å²) in [4.78, 5) is 0. The number of hydrogen-bond donors (Lipinski definition) is 1. The Morgan fingerprint density at radius 1 is 1.20 bits per heavy atom. The van der Waals surface area contributed by atoms with Gasteiger partial charge < -0.3 is 5.32 Å². The van der Waals surface area contributed by atoms with Gasteiger partial charge in [0.05, 0.1) is 10.0 Å². The van der Waals surface area contributed by atoms with Crippen LogP contribution in [0.25, 0.3) is 0 Å². The highest BCUT2D eigenvalue weighted by Gasteiger charge is 2.32. The molecule has 0 saturated heterocycles. The summed E-state index contributed by atoms with van der Waals surface area (Å²) in [7, 11) is 1.99. The molecule has 0 saturated carbocycles. The van der Waals surface area contributed by atoms with Gasteiger partial charge in [-0.3, -0.25) is 0 Å². The first-order valence-corrected chi connectivity index (χ1v) is 5.91. The molecule has 1 aliphatic carbocycles. The van der Waals surface area contributed by atoms with Gasteiger partial charge in [0.25, 0.3) is 0 Å². The smallest absolute Gasteiger partial charge is 0.0595 e. The van der Waals surface area contributed by atoms with Crippen LogP contribution < -0.4 is 5.32 Å². The van der Waals surface area contributed by atoms with E-state index in [0.717, 1.165) is 19.4 Å². The second kappa shape index (κ2) is 3.97. The van der Waals surface area contributed by atoms with Crippen molar-refractivity contribution in [2.45, 2.75) is 19.8 Å². The first kappa shape index (κ1) is 11.3. The van der Waals surface area contributed by atoms with Crippen LogP contribution in [0.2, 0.25) is 10.0 Å². The van der Waals surface area contributed by atoms with Gasteiger partial charge >= 0.3 is 0 Å². The Labute approximate surface area is 101 Å². The van der Waals surface area contributed by atoms with Crippen molar-refractivity contribution in [3.05, 3.63) is 33.3 Å². The Bertz CT molecular complexity index is 356. The van der Waals surface area contributed by atoms with Gasteiger partial charge in [0.15, 0.2) is 0 Å². The summed E-state index contributed by atoms with van der Waals surface area (Å²) < 4.78 is 0. The predicted octanol–water partition coefficient (Wildman–Crippen LogP) is 3.32. The lowest BCUT2D eigenvalue weighted by Crippen LogP contribution is -2.30. The number of hydrogen-bond acceptors (Lipinski definition) is 1. The lowest BCUT2D eigenvalue weighted by molar-refractivity contribution is 0.334. The van der Waals surface area contributed by atoms with Gasteiger partial charge in [-0.05, 0) is 48.6 Å². The highest BCUT2D eigenvalue weighted by Crippen LogP contribution is 2.39. The average Bonchev–Trinajstić information content (AvgIpc) is 2.42. The molecule has 0 atom stereocenters. The van der Waals surface area contributed by atoms with E-state index in [1.807, 2.05) is 19.2 Å². The van der Waals surface area contributed by atoms with Crippen molar-refractivity contribution in [3.63, 3.8) is 0 Å². The lowest BCUT2D eigenvalue weighted by Gasteiger charge is -2.22. The summed E-state index contributed by atoms with van der Waals surface area (Å²) >= 11 is 12.0. The number of rotatable bonds is 2. The van der Waals surface area contributed by atoms with Gasteiger partial charge in [0, 0.05) is 6.54 Å². The van der Waals surface area contributed by atoms with Gasteiger partial charge in [-0.25, -0.2) is 0 Å². The minimum Gasteiger partial charge on any atom is -0.319 e. The third-order valence-corrected chi connectivity index (χ3v) is 3.80. The molecule has 0 aromatic heterocycles. The number of halogens is 2. The SMILES string of the molecule is CNCC1(C)Cc2cc(Cl)c(Cl)cc2C1. The standard InChI is InChI=1S/C12H15Cl2N/c1-12(7-15-2)5-8-3-10(13)11(14)4-9(8)6-12/h3-4,15H,5-7H2,1-2H3. The van der Waals surface area contributed by atoms with E-state index in [2.05, 4.69) is 12.2 Å². The highest BCUT2D eigenvalue weighted by atomic mass is 35.5. The Kier molecular flexibility index (Phi) is 2.98. The fourth-order valence-corrected chi connectivity index (χ4v) is 2.86. The average molecular weight is 244 g/mol. The second-order valence-corrected chi connectivity index (χ2v) is 5.54. The maximum absolute atomic E-state index is 6.01. The van der Waals surface area contributed by atoms with Crippen LogP contribution in [0.3, 0.4) is 0 Å². The molecule has 0 bridgehead atoms. The molecule has 2 rings (SSSR count). The third-order valence-electron chi connectivity index (χ3n) is 3.08. The van der Waals surface area contributed by atoms with Crippen molar-refractivity contribution in [1.82, 2.24) is 5.32 Å². The molecular formula is C12H15Cl2N. The van der Waals surface area contributed by atoms with Crippen molar-refractivity contribution >= 4 is 23.2 Å². The molecule has 1 aliphatic rings. The molecule has 15 heavy (non-hydrogen) atoms. The van der Waals surface area contributed by atoms with Gasteiger partial charge in [0.2, 0.25) is 0 Å². The van der Waals surface area contributed by atoms with E-state index >= 15 is 0 Å². The van der Waals surface area contributed by atoms with Crippen molar-refractivity contribution in [1.29, 1.82) is 0 Å². The largest absolute Gasteiger partial charge is 0.319 e. The summed E-state index contributed by atoms with van der Waals surface area (Å²) in [5.41, 5.74) is 3.01. The molecule has 0 aliphatic heterocycles. The molecule has 3 heteroatoms. The normalized spacial score (nSPS) is 17.9. The Hall–Kier alpha value is -0.240. The zero-order valence-corrected chi connectivity index (χ0v) is 10.5. The molecule has 1 aromatic rings. The maximum atomic E-state index is 6.01. The molecule has 0 unspecified atom stereocenters. The van der Waals surface area contributed by atoms with E-state index in [4.69, 9.17) is 23.2 Å². The van der Waals surface area contributed by atoms with E-state index in [0.29, 0.717) is 15.5 Å². The van der Waals surface area contributed by atoms with Crippen LogP contribution >= 0.6 is 23.2 Å². The Morgan fingerprint density at radius 3 is 2.07 bits per heavy atom. The monoisotopic (exact) mass is 243 g/mol. The molecule has 1 N–H and O–H groups in total. The van der Waals surface area contributed by atoms with Crippen LogP contribution in [-0.4, -0.2) is 13.6 Å². The second-order valence-electron chi connectivity index (χ2n) is 4.73. The summed E-state index contributed by atoms with van der Waals surface area (Å²) in [6, 6.07) is 4.03. The van der Waals surface area contributed by atoms with Crippen LogP contribution in [0.5, 0.6) is 0 Å². The first-order valence-electron chi connectivity index (χ1n) is 5.15. The van der Waals surface area contributed by atoms with Crippen LogP contribution in [-0.2, 0) is 12.8 Å². The quantitative estimate of drug-likeness (QED) is 0.841. The Balaban J connectivity index is 2.31. The zero-order chi connectivity index (χ0) is 11.1. The molecule has 1 nitrogen and oxygen atoms in total. The van der Waals surface area contributed by atoms with Crippen molar-refractivity contribution in [3.8, 4) is 0 Å². The minimum absolute atomic E-state index is 0.311. The third kappa shape index (κ3) is 2.15. The van der Waals surface area contributed by atoms with Crippen LogP contribution in [0, 0.1) is 5.41 Å². The van der Waals surface area contributed by atoms with E-state index in [9.17, 15) is 0 Å². The fourth-order valence-electron chi connectivity index (χ4n) is 2.49. The van der Waals surface area contributed by atoms with Crippen LogP contribution in [0.4, 0.5) is 0 Å². The van der Waals surface area contributed by atoms with Crippen LogP contribution in [0.15, 0.2) is 12.1 Å². The van der Waals surface area contributed by atoms with Crippen molar-refractivity contribution in [2.75, 3.05) is 13.6 Å². The number of nitrogens with one attached hydrogen (secondary N) is 1.